The van der Waals surface area contributed by atoms with Crippen molar-refractivity contribution in [3.05, 3.63) is 36.5 Å². The van der Waals surface area contributed by atoms with E-state index in [9.17, 15) is 24.5 Å². The Bertz CT molecular complexity index is 1270. The van der Waals surface area contributed by atoms with Crippen molar-refractivity contribution in [2.75, 3.05) is 40.9 Å². The molecule has 0 saturated carbocycles. The highest BCUT2D eigenvalue weighted by Gasteiger charge is 2.29. The van der Waals surface area contributed by atoms with Gasteiger partial charge in [0, 0.05) is 6.42 Å². The molecule has 0 saturated heterocycles. The van der Waals surface area contributed by atoms with Gasteiger partial charge in [-0.1, -0.05) is 262 Å². The first-order chi connectivity index (χ1) is 34.4. The number of carbonyl (C=O) groups excluding carboxylic acids is 1. The van der Waals surface area contributed by atoms with E-state index in [1.54, 1.807) is 0 Å². The molecule has 0 radical (unpaired) electrons. The van der Waals surface area contributed by atoms with Crippen molar-refractivity contribution < 1.29 is 38.0 Å². The lowest BCUT2D eigenvalue weighted by Crippen LogP contribution is -2.51. The molecule has 0 aromatic rings. The van der Waals surface area contributed by atoms with Gasteiger partial charge in [0.05, 0.1) is 39.9 Å². The predicted octanol–water partition coefficient (Wildman–Crippen LogP) is 16.9. The highest BCUT2D eigenvalue weighted by molar-refractivity contribution is 7.45. The van der Waals surface area contributed by atoms with Crippen LogP contribution in [-0.4, -0.2) is 79.8 Å². The number of carbonyl (C=O) groups is 1. The number of phosphoric acid groups is 1. The van der Waals surface area contributed by atoms with Gasteiger partial charge >= 0.3 is 0 Å². The molecular formula is C61H119N2O7P. The number of allylic oxidation sites excluding steroid dienone is 6. The lowest BCUT2D eigenvalue weighted by atomic mass is 10.0. The van der Waals surface area contributed by atoms with Crippen LogP contribution in [0.15, 0.2) is 36.5 Å². The molecule has 0 aliphatic heterocycles. The van der Waals surface area contributed by atoms with Gasteiger partial charge in [-0.25, -0.2) is 0 Å². The Morgan fingerprint density at radius 1 is 0.521 bits per heavy atom. The molecule has 4 unspecified atom stereocenters. The molecule has 0 fully saturated rings. The number of hydrogen-bond donors (Lipinski definition) is 3. The van der Waals surface area contributed by atoms with Crippen molar-refractivity contribution >= 4 is 13.7 Å². The number of likely N-dealkylation sites (N-methyl/N-ethyl adjacent to an activating group) is 1. The number of nitrogens with zero attached hydrogens (tertiary/aromatic N) is 1. The average Bonchev–Trinajstić information content (AvgIpc) is 3.33. The van der Waals surface area contributed by atoms with Gasteiger partial charge in [0.25, 0.3) is 7.82 Å². The maximum atomic E-state index is 13.0. The monoisotopic (exact) mass is 1020 g/mol. The molecule has 9 nitrogen and oxygen atoms in total. The number of aliphatic hydroxyl groups excluding tert-OH is 2. The topological polar surface area (TPSA) is 128 Å². The average molecular weight is 1020 g/mol. The molecule has 0 heterocycles. The summed E-state index contributed by atoms with van der Waals surface area (Å²) in [4.78, 5) is 25.5. The molecule has 4 atom stereocenters. The Balaban J connectivity index is 3.98. The number of aliphatic hydroxyl groups is 2. The van der Waals surface area contributed by atoms with Crippen molar-refractivity contribution in [3.8, 4) is 0 Å². The largest absolute Gasteiger partial charge is 0.756 e. The molecule has 420 valence electrons. The van der Waals surface area contributed by atoms with Gasteiger partial charge in [-0.05, 0) is 58.3 Å². The van der Waals surface area contributed by atoms with Crippen molar-refractivity contribution in [2.24, 2.45) is 0 Å². The Morgan fingerprint density at radius 2 is 0.859 bits per heavy atom. The van der Waals surface area contributed by atoms with E-state index in [0.29, 0.717) is 30.3 Å². The van der Waals surface area contributed by atoms with E-state index in [4.69, 9.17) is 9.05 Å². The summed E-state index contributed by atoms with van der Waals surface area (Å²) in [7, 11) is 1.10. The molecule has 0 rings (SSSR count). The van der Waals surface area contributed by atoms with Gasteiger partial charge in [0.2, 0.25) is 5.91 Å². The quantitative estimate of drug-likeness (QED) is 0.0240. The molecule has 71 heavy (non-hydrogen) atoms. The minimum Gasteiger partial charge on any atom is -0.756 e. The molecule has 0 spiro atoms. The minimum atomic E-state index is -4.68. The standard InChI is InChI=1S/C61H119N2O7P/c1-6-8-10-12-14-16-18-20-21-22-23-24-25-26-27-28-29-30-31-32-33-34-35-36-37-38-39-40-41-42-44-46-48-50-52-54-60(65)62-58(57-70-71(67,68)69-56-55-63(3,4)5)61(66)59(64)53-51-49-47-45-43-19-17-15-13-11-9-7-2/h7,9,15,17,45,47,58-59,61,64,66H,6,8,10-14,16,18-44,46,48-57H2,1-5H3,(H-,62,65,67,68)/b9-7+,17-15+,47-45+. The number of nitrogens with one attached hydrogen (secondary N) is 1. The molecule has 10 heteroatoms. The normalized spacial score (nSPS) is 14.5. The lowest BCUT2D eigenvalue weighted by molar-refractivity contribution is -0.870. The molecule has 0 aliphatic carbocycles. The summed E-state index contributed by atoms with van der Waals surface area (Å²) in [6.45, 7) is 4.22. The Kier molecular flexibility index (Phi) is 51.2. The highest BCUT2D eigenvalue weighted by atomic mass is 31.2. The van der Waals surface area contributed by atoms with Crippen molar-refractivity contribution in [1.29, 1.82) is 0 Å². The molecule has 0 bridgehead atoms. The zero-order valence-electron chi connectivity index (χ0n) is 47.6. The van der Waals surface area contributed by atoms with Crippen LogP contribution in [0, 0.1) is 0 Å². The summed E-state index contributed by atoms with van der Waals surface area (Å²) < 4.78 is 23.2. The zero-order valence-corrected chi connectivity index (χ0v) is 48.4. The summed E-state index contributed by atoms with van der Waals surface area (Å²) in [5.41, 5.74) is 0. The number of phosphoric ester groups is 1. The molecular weight excluding hydrogens is 904 g/mol. The SMILES string of the molecule is C/C=C/CC/C=C/CC/C=C/CCCC(O)C(O)C(COP(=O)([O-])OCC[N+](C)(C)C)NC(=O)CCCCCCCCCCCCCCCCCCCCCCCCCCCCCCCCCCCCC. The van der Waals surface area contributed by atoms with Crippen molar-refractivity contribution in [2.45, 2.75) is 308 Å². The Morgan fingerprint density at radius 3 is 1.21 bits per heavy atom. The maximum absolute atomic E-state index is 13.0. The van der Waals surface area contributed by atoms with Crippen LogP contribution in [-0.2, 0) is 18.4 Å². The molecule has 0 aromatic carbocycles. The first-order valence-electron chi connectivity index (χ1n) is 30.4. The fraction of sp³-hybridized carbons (Fsp3) is 0.885. The van der Waals surface area contributed by atoms with E-state index >= 15 is 0 Å². The van der Waals surface area contributed by atoms with Crippen LogP contribution in [0.4, 0.5) is 0 Å². The second-order valence-corrected chi connectivity index (χ2v) is 23.6. The molecule has 1 amide bonds. The van der Waals surface area contributed by atoms with Gasteiger partial charge in [0.15, 0.2) is 0 Å². The number of hydrogen-bond acceptors (Lipinski definition) is 7. The van der Waals surface area contributed by atoms with Crippen LogP contribution in [0.1, 0.15) is 290 Å². The number of quaternary nitrogens is 1. The van der Waals surface area contributed by atoms with Gasteiger partial charge < -0.3 is 34.0 Å². The first kappa shape index (κ1) is 69.7. The number of rotatable bonds is 56. The van der Waals surface area contributed by atoms with E-state index in [1.165, 1.54) is 205 Å². The van der Waals surface area contributed by atoms with E-state index in [2.05, 4.69) is 48.7 Å². The number of amides is 1. The third-order valence-corrected chi connectivity index (χ3v) is 15.0. The summed E-state index contributed by atoms with van der Waals surface area (Å²) in [5.74, 6) is -0.290. The Labute approximate surface area is 440 Å². The van der Waals surface area contributed by atoms with Crippen molar-refractivity contribution in [3.63, 3.8) is 0 Å². The van der Waals surface area contributed by atoms with Crippen LogP contribution >= 0.6 is 7.82 Å². The lowest BCUT2D eigenvalue weighted by Gasteiger charge is -2.31. The minimum absolute atomic E-state index is 0.0490. The first-order valence-corrected chi connectivity index (χ1v) is 31.8. The van der Waals surface area contributed by atoms with Crippen LogP contribution in [0.2, 0.25) is 0 Å². The van der Waals surface area contributed by atoms with E-state index in [-0.39, 0.29) is 18.9 Å². The smallest absolute Gasteiger partial charge is 0.268 e. The van der Waals surface area contributed by atoms with E-state index in [0.717, 1.165) is 44.9 Å². The second kappa shape index (κ2) is 52.1. The van der Waals surface area contributed by atoms with Crippen LogP contribution < -0.4 is 10.2 Å². The summed E-state index contributed by atoms with van der Waals surface area (Å²) in [5, 5.41) is 24.7. The summed E-state index contributed by atoms with van der Waals surface area (Å²) in [6.07, 6.45) is 64.1. The van der Waals surface area contributed by atoms with Gasteiger partial charge in [-0.2, -0.15) is 0 Å². The molecule has 0 aliphatic rings. The molecule has 3 N–H and O–H groups in total. The van der Waals surface area contributed by atoms with Crippen LogP contribution in [0.3, 0.4) is 0 Å². The van der Waals surface area contributed by atoms with Gasteiger partial charge in [-0.15, -0.1) is 0 Å². The fourth-order valence-electron chi connectivity index (χ4n) is 9.24. The third-order valence-electron chi connectivity index (χ3n) is 14.0. The highest BCUT2D eigenvalue weighted by Crippen LogP contribution is 2.38. The Hall–Kier alpha value is -1.32. The van der Waals surface area contributed by atoms with Gasteiger partial charge in [-0.3, -0.25) is 9.36 Å². The van der Waals surface area contributed by atoms with Crippen LogP contribution in [0.5, 0.6) is 0 Å². The predicted molar refractivity (Wildman–Crippen MR) is 304 cm³/mol. The summed E-state index contributed by atoms with van der Waals surface area (Å²) in [6, 6.07) is -1.10. The van der Waals surface area contributed by atoms with Crippen LogP contribution in [0.25, 0.3) is 0 Å². The van der Waals surface area contributed by atoms with E-state index < -0.39 is 32.7 Å². The number of unbranched alkanes of at least 4 members (excludes halogenated alkanes) is 37. The van der Waals surface area contributed by atoms with E-state index in [1.807, 2.05) is 28.1 Å². The second-order valence-electron chi connectivity index (χ2n) is 22.2. The zero-order chi connectivity index (χ0) is 52.2. The van der Waals surface area contributed by atoms with Gasteiger partial charge in [0.1, 0.15) is 19.3 Å². The molecule has 0 aromatic heterocycles. The fourth-order valence-corrected chi connectivity index (χ4v) is 9.96. The third kappa shape index (κ3) is 53.3. The van der Waals surface area contributed by atoms with Crippen molar-refractivity contribution in [1.82, 2.24) is 5.32 Å². The maximum Gasteiger partial charge on any atom is 0.268 e. The summed E-state index contributed by atoms with van der Waals surface area (Å²) >= 11 is 0.